The van der Waals surface area contributed by atoms with Crippen LogP contribution in [0.5, 0.6) is 0 Å². The highest BCUT2D eigenvalue weighted by Gasteiger charge is 2.20. The molecular formula is C9H18ClNO2S2. The third-order valence-electron chi connectivity index (χ3n) is 2.38. The van der Waals surface area contributed by atoms with Crippen LogP contribution in [0.1, 0.15) is 13.3 Å². The van der Waals surface area contributed by atoms with E-state index >= 15 is 0 Å². The van der Waals surface area contributed by atoms with E-state index in [1.165, 1.54) is 0 Å². The number of hydrogen-bond donors (Lipinski definition) is 1. The number of alkyl halides is 1. The van der Waals surface area contributed by atoms with E-state index in [4.69, 9.17) is 11.6 Å². The summed E-state index contributed by atoms with van der Waals surface area (Å²) in [5.41, 5.74) is 0. The Balaban J connectivity index is 2.29. The average Bonchev–Trinajstić information content (AvgIpc) is 2.66. The molecular weight excluding hydrogens is 254 g/mol. The highest BCUT2D eigenvalue weighted by Crippen LogP contribution is 2.22. The molecule has 0 aliphatic carbocycles. The summed E-state index contributed by atoms with van der Waals surface area (Å²) in [5.74, 6) is 3.28. The van der Waals surface area contributed by atoms with Crippen molar-refractivity contribution in [2.24, 2.45) is 11.8 Å². The highest BCUT2D eigenvalue weighted by atomic mass is 35.5. The van der Waals surface area contributed by atoms with Crippen molar-refractivity contribution in [3.8, 4) is 0 Å². The molecule has 2 atom stereocenters. The topological polar surface area (TPSA) is 46.2 Å². The number of thioether (sulfide) groups is 1. The monoisotopic (exact) mass is 271 g/mol. The summed E-state index contributed by atoms with van der Waals surface area (Å²) >= 11 is 7.48. The molecule has 15 heavy (non-hydrogen) atoms. The van der Waals surface area contributed by atoms with Gasteiger partial charge in [0.1, 0.15) is 0 Å². The van der Waals surface area contributed by atoms with Crippen molar-refractivity contribution in [3.63, 3.8) is 0 Å². The predicted molar refractivity (Wildman–Crippen MR) is 67.1 cm³/mol. The van der Waals surface area contributed by atoms with Crippen LogP contribution in [0.4, 0.5) is 0 Å². The van der Waals surface area contributed by atoms with Crippen molar-refractivity contribution in [2.75, 3.05) is 29.7 Å². The molecule has 1 heterocycles. The highest BCUT2D eigenvalue weighted by molar-refractivity contribution is 7.99. The Kier molecular flexibility index (Phi) is 5.74. The van der Waals surface area contributed by atoms with Gasteiger partial charge < -0.3 is 0 Å². The minimum atomic E-state index is -3.12. The summed E-state index contributed by atoms with van der Waals surface area (Å²) in [4.78, 5) is 0. The fourth-order valence-corrected chi connectivity index (χ4v) is 4.46. The molecule has 3 nitrogen and oxygen atoms in total. The maximum absolute atomic E-state index is 11.6. The van der Waals surface area contributed by atoms with Gasteiger partial charge in [0.15, 0.2) is 0 Å². The number of hydrogen-bond acceptors (Lipinski definition) is 3. The van der Waals surface area contributed by atoms with Gasteiger partial charge in [-0.2, -0.15) is 11.8 Å². The molecule has 6 heteroatoms. The van der Waals surface area contributed by atoms with Gasteiger partial charge in [-0.25, -0.2) is 13.1 Å². The molecule has 90 valence electrons. The Bertz CT molecular complexity index is 276. The van der Waals surface area contributed by atoms with Gasteiger partial charge in [-0.15, -0.1) is 11.6 Å². The molecule has 2 unspecified atom stereocenters. The number of nitrogens with one attached hydrogen (secondary N) is 1. The molecule has 0 spiro atoms. The van der Waals surface area contributed by atoms with Crippen LogP contribution in [0.3, 0.4) is 0 Å². The van der Waals surface area contributed by atoms with E-state index in [0.717, 1.165) is 17.9 Å². The zero-order valence-electron chi connectivity index (χ0n) is 8.91. The standard InChI is InChI=1S/C9H18ClNO2S2/c1-8(4-10)7-15(12,13)11-5-9-2-3-14-6-9/h8-9,11H,2-7H2,1H3. The van der Waals surface area contributed by atoms with Crippen LogP contribution < -0.4 is 4.72 Å². The molecule has 1 aliphatic rings. The first-order chi connectivity index (χ1) is 7.03. The van der Waals surface area contributed by atoms with Gasteiger partial charge in [-0.3, -0.25) is 0 Å². The van der Waals surface area contributed by atoms with E-state index in [1.807, 2.05) is 18.7 Å². The normalized spacial score (nSPS) is 24.3. The Labute approximate surface area is 101 Å². The van der Waals surface area contributed by atoms with Crippen LogP contribution >= 0.6 is 23.4 Å². The lowest BCUT2D eigenvalue weighted by molar-refractivity contribution is 0.538. The molecule has 1 rings (SSSR count). The SMILES string of the molecule is CC(CCl)CS(=O)(=O)NCC1CCSC1. The minimum Gasteiger partial charge on any atom is -0.215 e. The third-order valence-corrected chi connectivity index (χ3v) is 5.76. The average molecular weight is 272 g/mol. The predicted octanol–water partition coefficient (Wildman–Crippen LogP) is 1.53. The number of halogens is 1. The zero-order chi connectivity index (χ0) is 11.3. The zero-order valence-corrected chi connectivity index (χ0v) is 11.3. The van der Waals surface area contributed by atoms with Crippen molar-refractivity contribution < 1.29 is 8.42 Å². The summed E-state index contributed by atoms with van der Waals surface area (Å²) in [6, 6.07) is 0. The first-order valence-corrected chi connectivity index (χ1v) is 8.48. The van der Waals surface area contributed by atoms with Crippen molar-refractivity contribution in [1.29, 1.82) is 0 Å². The molecule has 0 aromatic heterocycles. The largest absolute Gasteiger partial charge is 0.215 e. The van der Waals surface area contributed by atoms with Gasteiger partial charge in [0.25, 0.3) is 0 Å². The first-order valence-electron chi connectivity index (χ1n) is 5.14. The van der Waals surface area contributed by atoms with Crippen LogP contribution in [0, 0.1) is 11.8 Å². The van der Waals surface area contributed by atoms with Crippen LogP contribution in [-0.2, 0) is 10.0 Å². The van der Waals surface area contributed by atoms with Crippen molar-refractivity contribution in [1.82, 2.24) is 4.72 Å². The third kappa shape index (κ3) is 5.43. The second-order valence-electron chi connectivity index (χ2n) is 4.12. The van der Waals surface area contributed by atoms with E-state index < -0.39 is 10.0 Å². The van der Waals surface area contributed by atoms with Crippen molar-refractivity contribution in [2.45, 2.75) is 13.3 Å². The van der Waals surface area contributed by atoms with Crippen molar-refractivity contribution in [3.05, 3.63) is 0 Å². The molecule has 0 amide bonds. The number of sulfonamides is 1. The molecule has 0 radical (unpaired) electrons. The summed E-state index contributed by atoms with van der Waals surface area (Å²) in [5, 5.41) is 0. The van der Waals surface area contributed by atoms with Crippen molar-refractivity contribution >= 4 is 33.4 Å². The maximum Gasteiger partial charge on any atom is 0.211 e. The molecule has 0 aromatic carbocycles. The molecule has 0 bridgehead atoms. The molecule has 0 saturated carbocycles. The summed E-state index contributed by atoms with van der Waals surface area (Å²) in [7, 11) is -3.12. The van der Waals surface area contributed by atoms with Gasteiger partial charge in [0.2, 0.25) is 10.0 Å². The van der Waals surface area contributed by atoms with Crippen LogP contribution in [0.25, 0.3) is 0 Å². The van der Waals surface area contributed by atoms with Gasteiger partial charge in [0, 0.05) is 12.4 Å². The van der Waals surface area contributed by atoms with E-state index in [0.29, 0.717) is 18.3 Å². The summed E-state index contributed by atoms with van der Waals surface area (Å²) in [6.07, 6.45) is 1.12. The minimum absolute atomic E-state index is 0.0159. The van der Waals surface area contributed by atoms with E-state index in [2.05, 4.69) is 4.72 Å². The van der Waals surface area contributed by atoms with Crippen LogP contribution in [-0.4, -0.2) is 38.1 Å². The second kappa shape index (κ2) is 6.33. The molecule has 1 aliphatic heterocycles. The van der Waals surface area contributed by atoms with Crippen LogP contribution in [0.2, 0.25) is 0 Å². The molecule has 1 fully saturated rings. The second-order valence-corrected chi connectivity index (χ2v) is 7.43. The Morgan fingerprint density at radius 3 is 2.87 bits per heavy atom. The Morgan fingerprint density at radius 2 is 2.33 bits per heavy atom. The van der Waals surface area contributed by atoms with Gasteiger partial charge in [-0.1, -0.05) is 6.92 Å². The van der Waals surface area contributed by atoms with Gasteiger partial charge in [-0.05, 0) is 29.8 Å². The Hall–Kier alpha value is 0.550. The van der Waals surface area contributed by atoms with Crippen LogP contribution in [0.15, 0.2) is 0 Å². The first kappa shape index (κ1) is 13.6. The quantitative estimate of drug-likeness (QED) is 0.746. The smallest absolute Gasteiger partial charge is 0.211 e. The lowest BCUT2D eigenvalue weighted by Gasteiger charge is -2.12. The molecule has 0 aromatic rings. The van der Waals surface area contributed by atoms with E-state index in [9.17, 15) is 8.42 Å². The van der Waals surface area contributed by atoms with Gasteiger partial charge >= 0.3 is 0 Å². The lowest BCUT2D eigenvalue weighted by Crippen LogP contribution is -2.33. The van der Waals surface area contributed by atoms with E-state index in [-0.39, 0.29) is 11.7 Å². The molecule has 1 N–H and O–H groups in total. The fraction of sp³-hybridized carbons (Fsp3) is 1.00. The number of rotatable bonds is 6. The fourth-order valence-electron chi connectivity index (χ4n) is 1.47. The summed E-state index contributed by atoms with van der Waals surface area (Å²) in [6.45, 7) is 2.43. The molecule has 1 saturated heterocycles. The van der Waals surface area contributed by atoms with E-state index in [1.54, 1.807) is 0 Å². The maximum atomic E-state index is 11.6. The lowest BCUT2D eigenvalue weighted by atomic mass is 10.1. The van der Waals surface area contributed by atoms with Gasteiger partial charge in [0.05, 0.1) is 5.75 Å². The Morgan fingerprint density at radius 1 is 1.60 bits per heavy atom. The summed E-state index contributed by atoms with van der Waals surface area (Å²) < 4.78 is 25.8.